The number of amides is 1. The highest BCUT2D eigenvalue weighted by atomic mass is 16.5. The largest absolute Gasteiger partial charge is 0.493 e. The Hall–Kier alpha value is -3.27. The molecule has 0 bridgehead atoms. The second-order valence-corrected chi connectivity index (χ2v) is 6.86. The molecule has 0 fully saturated rings. The summed E-state index contributed by atoms with van der Waals surface area (Å²) < 4.78 is 10.8. The van der Waals surface area contributed by atoms with Crippen molar-refractivity contribution >= 4 is 5.91 Å². The highest BCUT2D eigenvalue weighted by molar-refractivity contribution is 6.01. The SMILES string of the molecule is COc1cc2c(cc1OC)CN(C(=O)c1ccccc1-c1ccccc1)CC2. The van der Waals surface area contributed by atoms with E-state index in [1.165, 1.54) is 5.56 Å². The molecule has 4 nitrogen and oxygen atoms in total. The summed E-state index contributed by atoms with van der Waals surface area (Å²) in [5, 5.41) is 0. The standard InChI is InChI=1S/C24H23NO3/c1-27-22-14-18-12-13-25(16-19(18)15-23(22)28-2)24(26)21-11-7-6-10-20(21)17-8-4-3-5-9-17/h3-11,14-15H,12-13,16H2,1-2H3. The van der Waals surface area contributed by atoms with E-state index in [1.807, 2.05) is 71.6 Å². The van der Waals surface area contributed by atoms with Gasteiger partial charge in [0.05, 0.1) is 14.2 Å². The summed E-state index contributed by atoms with van der Waals surface area (Å²) in [6, 6.07) is 21.9. The first-order valence-electron chi connectivity index (χ1n) is 9.38. The molecular weight excluding hydrogens is 350 g/mol. The Morgan fingerprint density at radius 1 is 0.857 bits per heavy atom. The molecule has 0 spiro atoms. The van der Waals surface area contributed by atoms with Crippen LogP contribution in [0.15, 0.2) is 66.7 Å². The minimum Gasteiger partial charge on any atom is -0.493 e. The van der Waals surface area contributed by atoms with Crippen LogP contribution in [0.4, 0.5) is 0 Å². The third-order valence-corrected chi connectivity index (χ3v) is 5.25. The van der Waals surface area contributed by atoms with Gasteiger partial charge in [0, 0.05) is 18.7 Å². The fourth-order valence-corrected chi connectivity index (χ4v) is 3.77. The van der Waals surface area contributed by atoms with Crippen LogP contribution in [-0.4, -0.2) is 31.6 Å². The van der Waals surface area contributed by atoms with Gasteiger partial charge in [-0.3, -0.25) is 4.79 Å². The fraction of sp³-hybridized carbons (Fsp3) is 0.208. The van der Waals surface area contributed by atoms with Crippen LogP contribution in [0.1, 0.15) is 21.5 Å². The lowest BCUT2D eigenvalue weighted by molar-refractivity contribution is 0.0735. The molecule has 0 radical (unpaired) electrons. The van der Waals surface area contributed by atoms with Gasteiger partial charge in [-0.1, -0.05) is 48.5 Å². The number of nitrogens with zero attached hydrogens (tertiary/aromatic N) is 1. The molecule has 0 unspecified atom stereocenters. The second kappa shape index (κ2) is 7.77. The molecule has 0 aliphatic carbocycles. The molecule has 1 aliphatic rings. The van der Waals surface area contributed by atoms with Gasteiger partial charge in [0.2, 0.25) is 0 Å². The first-order valence-corrected chi connectivity index (χ1v) is 9.38. The Morgan fingerprint density at radius 3 is 2.21 bits per heavy atom. The van der Waals surface area contributed by atoms with E-state index in [0.717, 1.165) is 34.4 Å². The number of ether oxygens (including phenoxy) is 2. The maximum atomic E-state index is 13.4. The van der Waals surface area contributed by atoms with E-state index in [4.69, 9.17) is 9.47 Å². The lowest BCUT2D eigenvalue weighted by Gasteiger charge is -2.30. The topological polar surface area (TPSA) is 38.8 Å². The Morgan fingerprint density at radius 2 is 1.50 bits per heavy atom. The lowest BCUT2D eigenvalue weighted by atomic mass is 9.96. The fourth-order valence-electron chi connectivity index (χ4n) is 3.77. The van der Waals surface area contributed by atoms with Gasteiger partial charge in [-0.25, -0.2) is 0 Å². The number of benzene rings is 3. The summed E-state index contributed by atoms with van der Waals surface area (Å²) in [5.74, 6) is 1.48. The van der Waals surface area contributed by atoms with Crippen LogP contribution >= 0.6 is 0 Å². The van der Waals surface area contributed by atoms with Crippen molar-refractivity contribution < 1.29 is 14.3 Å². The summed E-state index contributed by atoms with van der Waals surface area (Å²) in [4.78, 5) is 15.3. The minimum absolute atomic E-state index is 0.0555. The van der Waals surface area contributed by atoms with Crippen molar-refractivity contribution in [3.8, 4) is 22.6 Å². The molecular formula is C24H23NO3. The molecule has 0 saturated heterocycles. The van der Waals surface area contributed by atoms with Crippen molar-refractivity contribution in [2.75, 3.05) is 20.8 Å². The first kappa shape index (κ1) is 18.1. The number of hydrogen-bond acceptors (Lipinski definition) is 3. The molecule has 1 aliphatic heterocycles. The van der Waals surface area contributed by atoms with Gasteiger partial charge < -0.3 is 14.4 Å². The average molecular weight is 373 g/mol. The quantitative estimate of drug-likeness (QED) is 0.672. The highest BCUT2D eigenvalue weighted by Gasteiger charge is 2.25. The van der Waals surface area contributed by atoms with Crippen LogP contribution in [0.25, 0.3) is 11.1 Å². The smallest absolute Gasteiger partial charge is 0.254 e. The van der Waals surface area contributed by atoms with Crippen molar-refractivity contribution in [1.82, 2.24) is 4.90 Å². The van der Waals surface area contributed by atoms with Crippen molar-refractivity contribution in [1.29, 1.82) is 0 Å². The van der Waals surface area contributed by atoms with E-state index in [9.17, 15) is 4.79 Å². The normalized spacial score (nSPS) is 13.0. The zero-order valence-electron chi connectivity index (χ0n) is 16.1. The third kappa shape index (κ3) is 3.33. The van der Waals surface area contributed by atoms with Crippen LogP contribution < -0.4 is 9.47 Å². The van der Waals surface area contributed by atoms with E-state index in [2.05, 4.69) is 0 Å². The molecule has 28 heavy (non-hydrogen) atoms. The number of rotatable bonds is 4. The van der Waals surface area contributed by atoms with E-state index >= 15 is 0 Å². The average Bonchev–Trinajstić information content (AvgIpc) is 2.77. The third-order valence-electron chi connectivity index (χ3n) is 5.25. The number of fused-ring (bicyclic) bond motifs is 1. The second-order valence-electron chi connectivity index (χ2n) is 6.86. The Labute approximate surface area is 165 Å². The summed E-state index contributed by atoms with van der Waals surface area (Å²) in [6.07, 6.45) is 0.801. The molecule has 0 N–H and O–H groups in total. The first-order chi connectivity index (χ1) is 13.7. The van der Waals surface area contributed by atoms with E-state index < -0.39 is 0 Å². The van der Waals surface area contributed by atoms with Crippen LogP contribution in [0.2, 0.25) is 0 Å². The van der Waals surface area contributed by atoms with Crippen LogP contribution in [-0.2, 0) is 13.0 Å². The predicted octanol–water partition coefficient (Wildman–Crippen LogP) is 4.57. The van der Waals surface area contributed by atoms with Crippen LogP contribution in [0.5, 0.6) is 11.5 Å². The molecule has 142 valence electrons. The number of methoxy groups -OCH3 is 2. The monoisotopic (exact) mass is 373 g/mol. The van der Waals surface area contributed by atoms with Gasteiger partial charge in [-0.15, -0.1) is 0 Å². The number of carbonyl (C=O) groups excluding carboxylic acids is 1. The number of carbonyl (C=O) groups is 1. The Kier molecular flexibility index (Phi) is 5.02. The highest BCUT2D eigenvalue weighted by Crippen LogP contribution is 2.34. The summed E-state index contributed by atoms with van der Waals surface area (Å²) in [5.41, 5.74) is 5.06. The summed E-state index contributed by atoms with van der Waals surface area (Å²) in [7, 11) is 3.27. The Bertz CT molecular complexity index is 998. The number of hydrogen-bond donors (Lipinski definition) is 0. The van der Waals surface area contributed by atoms with Crippen LogP contribution in [0, 0.1) is 0 Å². The zero-order chi connectivity index (χ0) is 19.5. The maximum Gasteiger partial charge on any atom is 0.254 e. The lowest BCUT2D eigenvalue weighted by Crippen LogP contribution is -2.36. The molecule has 0 atom stereocenters. The minimum atomic E-state index is 0.0555. The predicted molar refractivity (Wildman–Crippen MR) is 110 cm³/mol. The molecule has 3 aromatic carbocycles. The molecule has 3 aromatic rings. The maximum absolute atomic E-state index is 13.4. The molecule has 0 saturated carbocycles. The summed E-state index contributed by atoms with van der Waals surface area (Å²) in [6.45, 7) is 1.25. The summed E-state index contributed by atoms with van der Waals surface area (Å²) >= 11 is 0. The van der Waals surface area contributed by atoms with Gasteiger partial charge in [-0.2, -0.15) is 0 Å². The molecule has 1 amide bonds. The van der Waals surface area contributed by atoms with Gasteiger partial charge in [0.25, 0.3) is 5.91 Å². The van der Waals surface area contributed by atoms with Crippen molar-refractivity contribution in [3.63, 3.8) is 0 Å². The van der Waals surface area contributed by atoms with E-state index in [1.54, 1.807) is 14.2 Å². The molecule has 0 aromatic heterocycles. The van der Waals surface area contributed by atoms with E-state index in [-0.39, 0.29) is 5.91 Å². The van der Waals surface area contributed by atoms with E-state index in [0.29, 0.717) is 18.8 Å². The van der Waals surface area contributed by atoms with Gasteiger partial charge in [0.15, 0.2) is 11.5 Å². The molecule has 1 heterocycles. The van der Waals surface area contributed by atoms with Crippen molar-refractivity contribution in [2.24, 2.45) is 0 Å². The van der Waals surface area contributed by atoms with Crippen LogP contribution in [0.3, 0.4) is 0 Å². The van der Waals surface area contributed by atoms with Crippen molar-refractivity contribution in [3.05, 3.63) is 83.4 Å². The molecule has 4 heteroatoms. The zero-order valence-corrected chi connectivity index (χ0v) is 16.1. The Balaban J connectivity index is 1.65. The molecule has 4 rings (SSSR count). The van der Waals surface area contributed by atoms with Crippen molar-refractivity contribution in [2.45, 2.75) is 13.0 Å². The van der Waals surface area contributed by atoms with Gasteiger partial charge >= 0.3 is 0 Å². The van der Waals surface area contributed by atoms with Gasteiger partial charge in [-0.05, 0) is 46.9 Å². The van der Waals surface area contributed by atoms with Gasteiger partial charge in [0.1, 0.15) is 0 Å².